The number of amides is 2. The van der Waals surface area contributed by atoms with Crippen LogP contribution in [-0.4, -0.2) is 31.8 Å². The van der Waals surface area contributed by atoms with E-state index in [1.54, 1.807) is 6.33 Å². The van der Waals surface area contributed by atoms with Gasteiger partial charge >= 0.3 is 0 Å². The van der Waals surface area contributed by atoms with Gasteiger partial charge in [0.15, 0.2) is 5.16 Å². The van der Waals surface area contributed by atoms with Crippen molar-refractivity contribution in [2.75, 3.05) is 5.32 Å². The third-order valence-electron chi connectivity index (χ3n) is 4.54. The number of nitrogens with two attached hydrogens (primary N) is 1. The molecule has 0 bridgehead atoms. The van der Waals surface area contributed by atoms with Crippen LogP contribution in [0.15, 0.2) is 11.5 Å². The second kappa shape index (κ2) is 6.45. The standard InChI is InChI=1S/C16H19N5O2S2/c1-8(24-16-20-18-7-21(16)9-5-6-9)14(23)19-15-12(13(17)22)10-3-2-4-11(10)25-15/h7-9H,2-6H2,1H3,(H2,17,22)(H,19,23). The van der Waals surface area contributed by atoms with Crippen molar-refractivity contribution in [3.63, 3.8) is 0 Å². The summed E-state index contributed by atoms with van der Waals surface area (Å²) in [6, 6.07) is 0.467. The first-order valence-electron chi connectivity index (χ1n) is 8.36. The lowest BCUT2D eigenvalue weighted by Crippen LogP contribution is -2.24. The predicted molar refractivity (Wildman–Crippen MR) is 97.1 cm³/mol. The molecule has 1 unspecified atom stereocenters. The molecule has 0 radical (unpaired) electrons. The van der Waals surface area contributed by atoms with E-state index in [2.05, 4.69) is 15.5 Å². The van der Waals surface area contributed by atoms with Gasteiger partial charge in [0.1, 0.15) is 11.3 Å². The van der Waals surface area contributed by atoms with Crippen molar-refractivity contribution in [1.29, 1.82) is 0 Å². The van der Waals surface area contributed by atoms with Gasteiger partial charge in [-0.2, -0.15) is 0 Å². The highest BCUT2D eigenvalue weighted by molar-refractivity contribution is 8.00. The number of thioether (sulfide) groups is 1. The largest absolute Gasteiger partial charge is 0.365 e. The number of nitrogens with one attached hydrogen (secondary N) is 1. The van der Waals surface area contributed by atoms with Gasteiger partial charge in [-0.1, -0.05) is 11.8 Å². The molecule has 0 spiro atoms. The smallest absolute Gasteiger partial charge is 0.251 e. The lowest BCUT2D eigenvalue weighted by Gasteiger charge is -2.12. The maximum absolute atomic E-state index is 12.6. The zero-order valence-electron chi connectivity index (χ0n) is 13.8. The molecule has 1 saturated carbocycles. The average Bonchev–Trinajstić information content (AvgIpc) is 2.98. The third-order valence-corrected chi connectivity index (χ3v) is 6.81. The molecule has 7 nitrogen and oxygen atoms in total. The van der Waals surface area contributed by atoms with Crippen LogP contribution in [0, 0.1) is 0 Å². The van der Waals surface area contributed by atoms with E-state index in [0.29, 0.717) is 16.6 Å². The zero-order valence-corrected chi connectivity index (χ0v) is 15.5. The summed E-state index contributed by atoms with van der Waals surface area (Å²) in [5, 5.41) is 12.0. The summed E-state index contributed by atoms with van der Waals surface area (Å²) in [6.45, 7) is 1.83. The van der Waals surface area contributed by atoms with Gasteiger partial charge in [0.25, 0.3) is 5.91 Å². The lowest BCUT2D eigenvalue weighted by atomic mass is 10.1. The first kappa shape index (κ1) is 16.6. The number of carbonyl (C=O) groups is 2. The molecular weight excluding hydrogens is 358 g/mol. The van der Waals surface area contributed by atoms with Crippen molar-refractivity contribution in [3.05, 3.63) is 22.3 Å². The van der Waals surface area contributed by atoms with E-state index >= 15 is 0 Å². The number of hydrogen-bond acceptors (Lipinski definition) is 6. The molecule has 2 amide bonds. The number of nitrogens with zero attached hydrogens (tertiary/aromatic N) is 3. The summed E-state index contributed by atoms with van der Waals surface area (Å²) in [4.78, 5) is 25.6. The lowest BCUT2D eigenvalue weighted by molar-refractivity contribution is -0.115. The van der Waals surface area contributed by atoms with E-state index in [0.717, 1.165) is 47.7 Å². The Labute approximate surface area is 153 Å². The van der Waals surface area contributed by atoms with Gasteiger partial charge in [-0.05, 0) is 44.6 Å². The Morgan fingerprint density at radius 3 is 2.96 bits per heavy atom. The van der Waals surface area contributed by atoms with Crippen LogP contribution in [0.1, 0.15) is 53.0 Å². The SMILES string of the molecule is CC(Sc1nncn1C1CC1)C(=O)Nc1sc2c(c1C(N)=O)CCC2. The van der Waals surface area contributed by atoms with Crippen LogP contribution < -0.4 is 11.1 Å². The summed E-state index contributed by atoms with van der Waals surface area (Å²) in [6.07, 6.45) is 6.84. The highest BCUT2D eigenvalue weighted by Crippen LogP contribution is 2.40. The minimum absolute atomic E-state index is 0.155. The molecular formula is C16H19N5O2S2. The number of hydrogen-bond donors (Lipinski definition) is 2. The number of aryl methyl sites for hydroxylation is 1. The monoisotopic (exact) mass is 377 g/mol. The molecule has 9 heteroatoms. The number of fused-ring (bicyclic) bond motifs is 1. The second-order valence-electron chi connectivity index (χ2n) is 6.43. The number of rotatable bonds is 6. The number of aromatic nitrogens is 3. The molecule has 2 heterocycles. The molecule has 0 saturated heterocycles. The third kappa shape index (κ3) is 3.18. The second-order valence-corrected chi connectivity index (χ2v) is 8.84. The summed E-state index contributed by atoms with van der Waals surface area (Å²) in [5.41, 5.74) is 7.05. The summed E-state index contributed by atoms with van der Waals surface area (Å²) in [5.74, 6) is -0.624. The average molecular weight is 377 g/mol. The quantitative estimate of drug-likeness (QED) is 0.753. The number of anilines is 1. The van der Waals surface area contributed by atoms with Crippen LogP contribution >= 0.6 is 23.1 Å². The molecule has 132 valence electrons. The first-order valence-corrected chi connectivity index (χ1v) is 10.1. The molecule has 4 rings (SSSR count). The van der Waals surface area contributed by atoms with Crippen molar-refractivity contribution in [2.24, 2.45) is 5.73 Å². The molecule has 0 aliphatic heterocycles. The van der Waals surface area contributed by atoms with Crippen LogP contribution in [0.5, 0.6) is 0 Å². The molecule has 2 aliphatic rings. The van der Waals surface area contributed by atoms with Gasteiger partial charge in [0, 0.05) is 10.9 Å². The maximum atomic E-state index is 12.6. The van der Waals surface area contributed by atoms with Gasteiger partial charge in [0.05, 0.1) is 10.8 Å². The minimum atomic E-state index is -0.469. The molecule has 3 N–H and O–H groups in total. The Morgan fingerprint density at radius 1 is 1.44 bits per heavy atom. The van der Waals surface area contributed by atoms with Crippen molar-refractivity contribution >= 4 is 39.9 Å². The first-order chi connectivity index (χ1) is 12.0. The highest BCUT2D eigenvalue weighted by Gasteiger charge is 2.30. The summed E-state index contributed by atoms with van der Waals surface area (Å²) in [7, 11) is 0. The van der Waals surface area contributed by atoms with E-state index in [-0.39, 0.29) is 11.2 Å². The Hall–Kier alpha value is -1.87. The maximum Gasteiger partial charge on any atom is 0.251 e. The Kier molecular flexibility index (Phi) is 4.28. The van der Waals surface area contributed by atoms with Gasteiger partial charge in [-0.15, -0.1) is 21.5 Å². The van der Waals surface area contributed by atoms with Crippen LogP contribution in [0.3, 0.4) is 0 Å². The van der Waals surface area contributed by atoms with Crippen LogP contribution in [-0.2, 0) is 17.6 Å². The molecule has 2 aromatic rings. The van der Waals surface area contributed by atoms with Gasteiger partial charge in [-0.3, -0.25) is 9.59 Å². The van der Waals surface area contributed by atoms with Crippen LogP contribution in [0.4, 0.5) is 5.00 Å². The van der Waals surface area contributed by atoms with E-state index in [1.807, 2.05) is 11.5 Å². The molecule has 25 heavy (non-hydrogen) atoms. The normalized spacial score (nSPS) is 17.3. The van der Waals surface area contributed by atoms with Crippen molar-refractivity contribution in [1.82, 2.24) is 14.8 Å². The highest BCUT2D eigenvalue weighted by atomic mass is 32.2. The summed E-state index contributed by atoms with van der Waals surface area (Å²) < 4.78 is 2.03. The van der Waals surface area contributed by atoms with E-state index in [4.69, 9.17) is 5.73 Å². The Bertz CT molecular complexity index is 840. The molecule has 1 fully saturated rings. The van der Waals surface area contributed by atoms with E-state index in [9.17, 15) is 9.59 Å². The predicted octanol–water partition coefficient (Wildman–Crippen LogP) is 2.38. The van der Waals surface area contributed by atoms with Crippen molar-refractivity contribution in [2.45, 2.75) is 55.5 Å². The molecule has 2 aliphatic carbocycles. The number of primary amides is 1. The summed E-state index contributed by atoms with van der Waals surface area (Å²) >= 11 is 2.86. The van der Waals surface area contributed by atoms with E-state index < -0.39 is 5.91 Å². The van der Waals surface area contributed by atoms with Crippen molar-refractivity contribution < 1.29 is 9.59 Å². The van der Waals surface area contributed by atoms with Crippen molar-refractivity contribution in [3.8, 4) is 0 Å². The molecule has 0 aromatic carbocycles. The molecule has 2 aromatic heterocycles. The number of thiophene rings is 1. The fourth-order valence-corrected chi connectivity index (χ4v) is 5.29. The zero-order chi connectivity index (χ0) is 17.6. The van der Waals surface area contributed by atoms with Crippen LogP contribution in [0.2, 0.25) is 0 Å². The number of carbonyl (C=O) groups excluding carboxylic acids is 2. The van der Waals surface area contributed by atoms with Crippen LogP contribution in [0.25, 0.3) is 0 Å². The minimum Gasteiger partial charge on any atom is -0.365 e. The fraction of sp³-hybridized carbons (Fsp3) is 0.500. The van der Waals surface area contributed by atoms with Gasteiger partial charge in [0.2, 0.25) is 5.91 Å². The van der Waals surface area contributed by atoms with E-state index in [1.165, 1.54) is 23.1 Å². The Balaban J connectivity index is 1.48. The van der Waals surface area contributed by atoms with Gasteiger partial charge < -0.3 is 15.6 Å². The topological polar surface area (TPSA) is 103 Å². The molecule has 1 atom stereocenters. The fourth-order valence-electron chi connectivity index (χ4n) is 3.10. The Morgan fingerprint density at radius 2 is 2.24 bits per heavy atom. The van der Waals surface area contributed by atoms with Gasteiger partial charge in [-0.25, -0.2) is 0 Å².